The fourth-order valence-electron chi connectivity index (χ4n) is 3.39. The van der Waals surface area contributed by atoms with E-state index in [-0.39, 0.29) is 24.8 Å². The van der Waals surface area contributed by atoms with Gasteiger partial charge < -0.3 is 18.9 Å². The summed E-state index contributed by atoms with van der Waals surface area (Å²) < 4.78 is 24.5. The van der Waals surface area contributed by atoms with Crippen molar-refractivity contribution in [1.29, 1.82) is 0 Å². The van der Waals surface area contributed by atoms with Crippen molar-refractivity contribution in [2.45, 2.75) is 30.3 Å². The highest BCUT2D eigenvalue weighted by Crippen LogP contribution is 2.32. The molecule has 0 saturated carbocycles. The predicted octanol–water partition coefficient (Wildman–Crippen LogP) is 1.02. The van der Waals surface area contributed by atoms with Crippen molar-refractivity contribution < 1.29 is 28.4 Å². The maximum atomic E-state index is 12.8. The Morgan fingerprint density at radius 3 is 2.66 bits per heavy atom. The van der Waals surface area contributed by atoms with Crippen molar-refractivity contribution in [3.05, 3.63) is 29.3 Å². The maximum Gasteiger partial charge on any atom is 0.255 e. The number of hydrogen-bond donors (Lipinski definition) is 1. The van der Waals surface area contributed by atoms with Crippen LogP contribution < -0.4 is 5.32 Å². The highest BCUT2D eigenvalue weighted by Gasteiger charge is 2.41. The lowest BCUT2D eigenvalue weighted by molar-refractivity contribution is -0.136. The molecule has 1 saturated heterocycles. The predicted molar refractivity (Wildman–Crippen MR) is 114 cm³/mol. The summed E-state index contributed by atoms with van der Waals surface area (Å²) in [7, 11) is 0. The van der Waals surface area contributed by atoms with E-state index >= 15 is 0 Å². The van der Waals surface area contributed by atoms with Gasteiger partial charge in [-0.2, -0.15) is 0 Å². The Morgan fingerprint density at radius 2 is 1.93 bits per heavy atom. The van der Waals surface area contributed by atoms with Crippen molar-refractivity contribution in [1.82, 2.24) is 10.2 Å². The zero-order valence-electron chi connectivity index (χ0n) is 15.9. The first-order valence-electron chi connectivity index (χ1n) is 9.39. The Morgan fingerprint density at radius 1 is 1.17 bits per heavy atom. The van der Waals surface area contributed by atoms with Crippen LogP contribution in [0, 0.1) is 0 Å². The second kappa shape index (κ2) is 10.7. The molecule has 2 unspecified atom stereocenters. The molecule has 0 bridgehead atoms. The standard InChI is InChI=1S/C19H23IN2O6S/c20-6-7-27-8-9-28-10-11-29(26)16-3-1-2-13-14(16)12-22(19(13)25)15-4-5-17(23)21-18(15)24/h1-3,15H,4-12H2,(H,21,23,24). The number of halogens is 1. The molecule has 3 rings (SSSR count). The number of piperidine rings is 1. The van der Waals surface area contributed by atoms with E-state index in [2.05, 4.69) is 27.9 Å². The van der Waals surface area contributed by atoms with E-state index in [0.29, 0.717) is 54.6 Å². The van der Waals surface area contributed by atoms with Gasteiger partial charge in [0.25, 0.3) is 5.91 Å². The van der Waals surface area contributed by atoms with Crippen molar-refractivity contribution in [3.63, 3.8) is 0 Å². The largest absolute Gasteiger partial charge is 0.611 e. The van der Waals surface area contributed by atoms with Gasteiger partial charge in [0.1, 0.15) is 11.8 Å². The molecule has 8 nitrogen and oxygen atoms in total. The molecule has 2 aliphatic rings. The van der Waals surface area contributed by atoms with Crippen LogP contribution in [-0.4, -0.2) is 69.8 Å². The summed E-state index contributed by atoms with van der Waals surface area (Å²) in [6.45, 7) is 2.18. The Balaban J connectivity index is 1.60. The second-order valence-electron chi connectivity index (χ2n) is 6.65. The van der Waals surface area contributed by atoms with Gasteiger partial charge in [0, 0.05) is 22.0 Å². The number of alkyl halides is 1. The van der Waals surface area contributed by atoms with Crippen molar-refractivity contribution >= 4 is 51.5 Å². The van der Waals surface area contributed by atoms with Gasteiger partial charge in [-0.1, -0.05) is 28.7 Å². The van der Waals surface area contributed by atoms with Crippen LogP contribution >= 0.6 is 22.6 Å². The highest BCUT2D eigenvalue weighted by molar-refractivity contribution is 14.1. The fourth-order valence-corrected chi connectivity index (χ4v) is 4.87. The Labute approximate surface area is 186 Å². The summed E-state index contributed by atoms with van der Waals surface area (Å²) in [5.74, 6) is -0.729. The summed E-state index contributed by atoms with van der Waals surface area (Å²) in [6.07, 6.45) is 0.504. The molecule has 0 radical (unpaired) electrons. The summed E-state index contributed by atoms with van der Waals surface area (Å²) in [5, 5.41) is 2.28. The number of hydrogen-bond acceptors (Lipinski definition) is 6. The van der Waals surface area contributed by atoms with Gasteiger partial charge in [0.2, 0.25) is 11.8 Å². The first-order chi connectivity index (χ1) is 14.0. The van der Waals surface area contributed by atoms with Crippen LogP contribution in [0.3, 0.4) is 0 Å². The van der Waals surface area contributed by atoms with Gasteiger partial charge in [0.05, 0.1) is 33.0 Å². The number of nitrogens with zero attached hydrogens (tertiary/aromatic N) is 1. The molecule has 29 heavy (non-hydrogen) atoms. The van der Waals surface area contributed by atoms with Crippen LogP contribution in [0.1, 0.15) is 28.8 Å². The van der Waals surface area contributed by atoms with Gasteiger partial charge in [-0.15, -0.1) is 0 Å². The number of fused-ring (bicyclic) bond motifs is 1. The van der Waals surface area contributed by atoms with Gasteiger partial charge in [0.15, 0.2) is 4.90 Å². The van der Waals surface area contributed by atoms with Crippen LogP contribution in [0.5, 0.6) is 0 Å². The lowest BCUT2D eigenvalue weighted by Crippen LogP contribution is -2.52. The number of carbonyl (C=O) groups excluding carboxylic acids is 3. The van der Waals surface area contributed by atoms with Gasteiger partial charge in [-0.3, -0.25) is 19.7 Å². The number of imide groups is 1. The van der Waals surface area contributed by atoms with Crippen molar-refractivity contribution in [2.24, 2.45) is 0 Å². The normalized spacial score (nSPS) is 20.0. The molecule has 2 heterocycles. The molecular weight excluding hydrogens is 511 g/mol. The maximum absolute atomic E-state index is 12.8. The third-order valence-corrected chi connectivity index (χ3v) is 6.64. The molecule has 1 aromatic rings. The molecule has 0 spiro atoms. The summed E-state index contributed by atoms with van der Waals surface area (Å²) in [5.41, 5.74) is 1.15. The van der Waals surface area contributed by atoms with Crippen molar-refractivity contribution in [3.8, 4) is 0 Å². The molecule has 1 aromatic carbocycles. The molecule has 10 heteroatoms. The van der Waals surface area contributed by atoms with Gasteiger partial charge in [-0.25, -0.2) is 0 Å². The van der Waals surface area contributed by atoms with Crippen LogP contribution in [0.25, 0.3) is 0 Å². The van der Waals surface area contributed by atoms with E-state index in [4.69, 9.17) is 9.47 Å². The monoisotopic (exact) mass is 534 g/mol. The average Bonchev–Trinajstić information content (AvgIpc) is 3.04. The highest BCUT2D eigenvalue weighted by atomic mass is 127. The third kappa shape index (κ3) is 5.48. The van der Waals surface area contributed by atoms with Crippen LogP contribution in [0.15, 0.2) is 23.1 Å². The first-order valence-corrected chi connectivity index (χ1v) is 12.2. The topological polar surface area (TPSA) is 108 Å². The molecule has 1 N–H and O–H groups in total. The summed E-state index contributed by atoms with van der Waals surface area (Å²) in [4.78, 5) is 38.4. The SMILES string of the molecule is O=C1CCC(N2Cc3c(cccc3[S+]([O-])CCOCCOCCI)C2=O)C(=O)N1. The number of nitrogens with one attached hydrogen (secondary N) is 1. The average molecular weight is 534 g/mol. The molecule has 1 fully saturated rings. The zero-order valence-corrected chi connectivity index (χ0v) is 18.8. The Bertz CT molecular complexity index is 777. The molecule has 158 valence electrons. The minimum atomic E-state index is -1.32. The van der Waals surface area contributed by atoms with E-state index in [9.17, 15) is 18.9 Å². The van der Waals surface area contributed by atoms with Crippen LogP contribution in [-0.2, 0) is 36.8 Å². The Hall–Kier alpha value is -1.21. The molecule has 3 amide bonds. The van der Waals surface area contributed by atoms with E-state index in [0.717, 1.165) is 4.43 Å². The van der Waals surface area contributed by atoms with E-state index in [1.165, 1.54) is 4.90 Å². The molecule has 0 aromatic heterocycles. The minimum absolute atomic E-state index is 0.203. The summed E-state index contributed by atoms with van der Waals surface area (Å²) in [6, 6.07) is 4.46. The van der Waals surface area contributed by atoms with Gasteiger partial charge >= 0.3 is 0 Å². The minimum Gasteiger partial charge on any atom is -0.611 e. The van der Waals surface area contributed by atoms with Gasteiger partial charge in [-0.05, 0) is 29.7 Å². The second-order valence-corrected chi connectivity index (χ2v) is 9.26. The quantitative estimate of drug-likeness (QED) is 0.158. The zero-order chi connectivity index (χ0) is 20.8. The molecule has 2 aliphatic heterocycles. The number of benzene rings is 1. The van der Waals surface area contributed by atoms with E-state index < -0.39 is 23.1 Å². The number of amides is 3. The third-order valence-electron chi connectivity index (χ3n) is 4.79. The Kier molecular flexibility index (Phi) is 8.30. The summed E-state index contributed by atoms with van der Waals surface area (Å²) >= 11 is 0.910. The van der Waals surface area contributed by atoms with Crippen LogP contribution in [0.4, 0.5) is 0 Å². The number of carbonyl (C=O) groups is 3. The van der Waals surface area contributed by atoms with Crippen LogP contribution in [0.2, 0.25) is 0 Å². The smallest absolute Gasteiger partial charge is 0.255 e. The van der Waals surface area contributed by atoms with E-state index in [1.807, 2.05) is 0 Å². The number of ether oxygens (including phenoxy) is 2. The number of rotatable bonds is 10. The molecule has 0 aliphatic carbocycles. The molecule has 2 atom stereocenters. The van der Waals surface area contributed by atoms with E-state index in [1.54, 1.807) is 18.2 Å². The molecular formula is C19H23IN2O6S. The first kappa shape index (κ1) is 22.5. The lowest BCUT2D eigenvalue weighted by atomic mass is 10.0. The van der Waals surface area contributed by atoms with Crippen molar-refractivity contribution in [2.75, 3.05) is 36.6 Å². The lowest BCUT2D eigenvalue weighted by Gasteiger charge is -2.29. The fraction of sp³-hybridized carbons (Fsp3) is 0.526.